The highest BCUT2D eigenvalue weighted by Gasteiger charge is 2.15. The average molecular weight is 299 g/mol. The van der Waals surface area contributed by atoms with Crippen molar-refractivity contribution in [3.8, 4) is 5.75 Å². The maximum Gasteiger partial charge on any atom is 0.341 e. The maximum absolute atomic E-state index is 11.8. The van der Waals surface area contributed by atoms with Crippen molar-refractivity contribution in [2.75, 3.05) is 7.11 Å². The van der Waals surface area contributed by atoms with Crippen LogP contribution < -0.4 is 4.74 Å². The van der Waals surface area contributed by atoms with Crippen molar-refractivity contribution in [2.45, 2.75) is 20.5 Å². The summed E-state index contributed by atoms with van der Waals surface area (Å²) in [6.45, 7) is 3.59. The molecular weight excluding hydrogens is 282 g/mol. The lowest BCUT2D eigenvalue weighted by Crippen LogP contribution is -2.08. The second kappa shape index (κ2) is 6.85. The molecule has 114 valence electrons. The molecule has 0 spiro atoms. The Kier molecular flexibility index (Phi) is 4.88. The zero-order valence-electron chi connectivity index (χ0n) is 12.8. The number of hydrogen-bond donors (Lipinski definition) is 0. The van der Waals surface area contributed by atoms with Crippen molar-refractivity contribution in [1.82, 2.24) is 4.98 Å². The Balaban J connectivity index is 2.31. The predicted octanol–water partition coefficient (Wildman–Crippen LogP) is 2.96. The lowest BCUT2D eigenvalue weighted by atomic mass is 10.1. The minimum atomic E-state index is -0.511. The van der Waals surface area contributed by atoms with E-state index in [1.807, 2.05) is 19.1 Å². The first kappa shape index (κ1) is 15.7. The fourth-order valence-electron chi connectivity index (χ4n) is 1.95. The fourth-order valence-corrected chi connectivity index (χ4v) is 1.95. The molecule has 1 aromatic carbocycles. The van der Waals surface area contributed by atoms with Gasteiger partial charge in [-0.3, -0.25) is 9.78 Å². The molecule has 22 heavy (non-hydrogen) atoms. The number of benzene rings is 1. The minimum absolute atomic E-state index is 0.102. The summed E-state index contributed by atoms with van der Waals surface area (Å²) in [5.41, 5.74) is 2.51. The fraction of sp³-hybridized carbons (Fsp3) is 0.235. The quantitative estimate of drug-likeness (QED) is 0.627. The van der Waals surface area contributed by atoms with E-state index < -0.39 is 5.97 Å². The van der Waals surface area contributed by atoms with Gasteiger partial charge in [0.05, 0.1) is 12.8 Å². The number of hydrogen-bond acceptors (Lipinski definition) is 5. The second-order valence-electron chi connectivity index (χ2n) is 4.81. The van der Waals surface area contributed by atoms with Gasteiger partial charge in [0.25, 0.3) is 0 Å². The topological polar surface area (TPSA) is 65.5 Å². The molecule has 5 heteroatoms. The van der Waals surface area contributed by atoms with Crippen molar-refractivity contribution in [3.05, 3.63) is 58.9 Å². The van der Waals surface area contributed by atoms with Gasteiger partial charge in [-0.25, -0.2) is 4.79 Å². The highest BCUT2D eigenvalue weighted by Crippen LogP contribution is 2.23. The predicted molar refractivity (Wildman–Crippen MR) is 81.1 cm³/mol. The molecule has 0 bridgehead atoms. The van der Waals surface area contributed by atoms with E-state index in [0.29, 0.717) is 11.3 Å². The van der Waals surface area contributed by atoms with Crippen LogP contribution in [0.15, 0.2) is 36.5 Å². The zero-order chi connectivity index (χ0) is 16.1. The number of pyridine rings is 1. The molecule has 0 atom stereocenters. The molecule has 0 saturated carbocycles. The van der Waals surface area contributed by atoms with Gasteiger partial charge in [0.15, 0.2) is 5.78 Å². The largest absolute Gasteiger partial charge is 0.486 e. The minimum Gasteiger partial charge on any atom is -0.486 e. The number of aromatic nitrogens is 1. The van der Waals surface area contributed by atoms with Gasteiger partial charge in [-0.1, -0.05) is 12.1 Å². The van der Waals surface area contributed by atoms with Crippen molar-refractivity contribution in [2.24, 2.45) is 0 Å². The molecule has 0 N–H and O–H groups in total. The van der Waals surface area contributed by atoms with Gasteiger partial charge in [0, 0.05) is 11.8 Å². The summed E-state index contributed by atoms with van der Waals surface area (Å²) in [7, 11) is 1.30. The molecule has 0 fully saturated rings. The number of rotatable bonds is 5. The molecule has 2 rings (SSSR count). The van der Waals surface area contributed by atoms with Crippen molar-refractivity contribution in [3.63, 3.8) is 0 Å². The number of Topliss-reactive ketones (excluding diaryl/α,β-unsaturated/α-hetero) is 1. The summed E-state index contributed by atoms with van der Waals surface area (Å²) >= 11 is 0. The summed E-state index contributed by atoms with van der Waals surface area (Å²) in [5.74, 6) is -0.303. The Morgan fingerprint density at radius 3 is 2.64 bits per heavy atom. The normalized spacial score (nSPS) is 10.1. The van der Waals surface area contributed by atoms with Gasteiger partial charge in [0.2, 0.25) is 0 Å². The van der Waals surface area contributed by atoms with Crippen LogP contribution in [-0.2, 0) is 11.3 Å². The molecule has 0 aliphatic heterocycles. The zero-order valence-corrected chi connectivity index (χ0v) is 12.8. The third kappa shape index (κ3) is 3.49. The standard InChI is InChI=1S/C17H17NO4/c1-11-5-4-8-18-15(11)10-22-16-9-13(12(2)19)6-7-14(16)17(20)21-3/h4-9H,10H2,1-3H3. The maximum atomic E-state index is 11.8. The summed E-state index contributed by atoms with van der Waals surface area (Å²) in [6.07, 6.45) is 1.68. The smallest absolute Gasteiger partial charge is 0.341 e. The Morgan fingerprint density at radius 2 is 2.00 bits per heavy atom. The van der Waals surface area contributed by atoms with Crippen LogP contribution in [0.2, 0.25) is 0 Å². The number of ether oxygens (including phenoxy) is 2. The summed E-state index contributed by atoms with van der Waals surface area (Å²) in [4.78, 5) is 27.5. The number of ketones is 1. The van der Waals surface area contributed by atoms with Crippen LogP contribution in [0.4, 0.5) is 0 Å². The third-order valence-electron chi connectivity index (χ3n) is 3.28. The van der Waals surface area contributed by atoms with E-state index in [2.05, 4.69) is 4.98 Å². The van der Waals surface area contributed by atoms with Crippen LogP contribution in [0.1, 0.15) is 38.9 Å². The van der Waals surface area contributed by atoms with Crippen molar-refractivity contribution < 1.29 is 19.1 Å². The molecule has 1 heterocycles. The van der Waals surface area contributed by atoms with E-state index in [0.717, 1.165) is 11.3 Å². The van der Waals surface area contributed by atoms with Gasteiger partial charge >= 0.3 is 5.97 Å². The molecule has 0 unspecified atom stereocenters. The second-order valence-corrected chi connectivity index (χ2v) is 4.81. The number of methoxy groups -OCH3 is 1. The van der Waals surface area contributed by atoms with Gasteiger partial charge < -0.3 is 9.47 Å². The van der Waals surface area contributed by atoms with Gasteiger partial charge in [-0.2, -0.15) is 0 Å². The molecule has 2 aromatic rings. The first-order valence-electron chi connectivity index (χ1n) is 6.79. The molecule has 0 amide bonds. The molecular formula is C17H17NO4. The van der Waals surface area contributed by atoms with E-state index in [-0.39, 0.29) is 18.0 Å². The van der Waals surface area contributed by atoms with E-state index in [1.165, 1.54) is 20.1 Å². The highest BCUT2D eigenvalue weighted by atomic mass is 16.5. The van der Waals surface area contributed by atoms with Gasteiger partial charge in [-0.15, -0.1) is 0 Å². The lowest BCUT2D eigenvalue weighted by molar-refractivity contribution is 0.0595. The Morgan fingerprint density at radius 1 is 1.23 bits per heavy atom. The summed E-state index contributed by atoms with van der Waals surface area (Å²) in [6, 6.07) is 8.43. The molecule has 0 saturated heterocycles. The summed E-state index contributed by atoms with van der Waals surface area (Å²) < 4.78 is 10.4. The van der Waals surface area contributed by atoms with Crippen molar-refractivity contribution in [1.29, 1.82) is 0 Å². The SMILES string of the molecule is COC(=O)c1ccc(C(C)=O)cc1OCc1ncccc1C. The summed E-state index contributed by atoms with van der Waals surface area (Å²) in [5, 5.41) is 0. The first-order chi connectivity index (χ1) is 10.5. The molecule has 1 aromatic heterocycles. The van der Waals surface area contributed by atoms with Crippen LogP contribution in [0.25, 0.3) is 0 Å². The van der Waals surface area contributed by atoms with E-state index >= 15 is 0 Å². The van der Waals surface area contributed by atoms with E-state index in [4.69, 9.17) is 9.47 Å². The van der Waals surface area contributed by atoms with E-state index in [9.17, 15) is 9.59 Å². The average Bonchev–Trinajstić information content (AvgIpc) is 2.53. The van der Waals surface area contributed by atoms with Crippen LogP contribution in [0.5, 0.6) is 5.75 Å². The monoisotopic (exact) mass is 299 g/mol. The first-order valence-corrected chi connectivity index (χ1v) is 6.79. The molecule has 0 aliphatic carbocycles. The molecule has 0 aliphatic rings. The molecule has 5 nitrogen and oxygen atoms in total. The Hall–Kier alpha value is -2.69. The number of aryl methyl sites for hydroxylation is 1. The van der Waals surface area contributed by atoms with Gasteiger partial charge in [-0.05, 0) is 37.6 Å². The third-order valence-corrected chi connectivity index (χ3v) is 3.28. The highest BCUT2D eigenvalue weighted by molar-refractivity contribution is 5.98. The van der Waals surface area contributed by atoms with Crippen LogP contribution in [-0.4, -0.2) is 23.8 Å². The Bertz CT molecular complexity index is 710. The lowest BCUT2D eigenvalue weighted by Gasteiger charge is -2.12. The number of nitrogens with zero attached hydrogens (tertiary/aromatic N) is 1. The number of carbonyl (C=O) groups excluding carboxylic acids is 2. The van der Waals surface area contributed by atoms with E-state index in [1.54, 1.807) is 18.3 Å². The van der Waals surface area contributed by atoms with Crippen LogP contribution in [0.3, 0.4) is 0 Å². The number of esters is 1. The van der Waals surface area contributed by atoms with Crippen LogP contribution >= 0.6 is 0 Å². The van der Waals surface area contributed by atoms with Crippen molar-refractivity contribution >= 4 is 11.8 Å². The number of carbonyl (C=O) groups is 2. The molecule has 0 radical (unpaired) electrons. The Labute approximate surface area is 128 Å². The van der Waals surface area contributed by atoms with Crippen LogP contribution in [0, 0.1) is 6.92 Å². The van der Waals surface area contributed by atoms with Gasteiger partial charge in [0.1, 0.15) is 17.9 Å².